The number of rotatable bonds is 6. The Morgan fingerprint density at radius 3 is 2.48 bits per heavy atom. The number of amides is 1. The van der Waals surface area contributed by atoms with Crippen LogP contribution in [-0.4, -0.2) is 31.5 Å². The average Bonchev–Trinajstić information content (AvgIpc) is 3.31. The molecule has 0 spiro atoms. The molecular formula is C27H29N3OS2. The van der Waals surface area contributed by atoms with Crippen molar-refractivity contribution in [1.29, 1.82) is 0 Å². The van der Waals surface area contributed by atoms with E-state index in [2.05, 4.69) is 52.8 Å². The second-order valence-corrected chi connectivity index (χ2v) is 10.8. The maximum absolute atomic E-state index is 13.1. The van der Waals surface area contributed by atoms with E-state index < -0.39 is 0 Å². The van der Waals surface area contributed by atoms with E-state index in [9.17, 15) is 4.79 Å². The first kappa shape index (κ1) is 23.5. The number of thioether (sulfide) groups is 1. The Balaban J connectivity index is 1.84. The molecule has 0 aliphatic carbocycles. The number of carbonyl (C=O) groups is 1. The number of hydrogen-bond acceptors (Lipinski definition) is 4. The summed E-state index contributed by atoms with van der Waals surface area (Å²) in [5.74, 6) is 0.741. The Morgan fingerprint density at radius 1 is 1.09 bits per heavy atom. The molecule has 1 aliphatic rings. The Bertz CT molecular complexity index is 1230. The van der Waals surface area contributed by atoms with Crippen molar-refractivity contribution in [3.63, 3.8) is 0 Å². The molecule has 1 amide bonds. The van der Waals surface area contributed by atoms with E-state index in [1.165, 1.54) is 17.3 Å². The fourth-order valence-electron chi connectivity index (χ4n) is 3.83. The van der Waals surface area contributed by atoms with Crippen molar-refractivity contribution in [2.45, 2.75) is 40.5 Å². The lowest BCUT2D eigenvalue weighted by Crippen LogP contribution is -2.31. The summed E-state index contributed by atoms with van der Waals surface area (Å²) in [6, 6.07) is 16.6. The van der Waals surface area contributed by atoms with Crippen molar-refractivity contribution >= 4 is 40.3 Å². The van der Waals surface area contributed by atoms with Gasteiger partial charge in [-0.2, -0.15) is 5.10 Å². The molecule has 4 nitrogen and oxygen atoms in total. The molecule has 0 bridgehead atoms. The van der Waals surface area contributed by atoms with E-state index in [1.54, 1.807) is 4.90 Å². The maximum atomic E-state index is 13.1. The lowest BCUT2D eigenvalue weighted by molar-refractivity contribution is -0.122. The van der Waals surface area contributed by atoms with Crippen LogP contribution in [0.25, 0.3) is 23.0 Å². The Hall–Kier alpha value is -2.70. The first-order chi connectivity index (χ1) is 15.7. The second kappa shape index (κ2) is 9.65. The van der Waals surface area contributed by atoms with Gasteiger partial charge in [0.15, 0.2) is 0 Å². The minimum Gasteiger partial charge on any atom is -0.293 e. The summed E-state index contributed by atoms with van der Waals surface area (Å²) in [6.07, 6.45) is 3.95. The van der Waals surface area contributed by atoms with Crippen molar-refractivity contribution in [1.82, 2.24) is 14.7 Å². The molecule has 3 aromatic rings. The zero-order chi connectivity index (χ0) is 23.7. The van der Waals surface area contributed by atoms with Gasteiger partial charge in [0.05, 0.1) is 10.6 Å². The topological polar surface area (TPSA) is 38.1 Å². The quantitative estimate of drug-likeness (QED) is 0.289. The van der Waals surface area contributed by atoms with Gasteiger partial charge < -0.3 is 0 Å². The standard InChI is InChI=1S/C27H29N3OS2/c1-17(2)15-29-26(31)24(33-27(29)32)14-21-16-30(22-9-7-6-8-10-22)28-25(21)23-13-20(18(3)4)12-11-19(23)5/h6-14,16-18H,15H2,1-5H3. The number of benzene rings is 2. The van der Waals surface area contributed by atoms with Gasteiger partial charge in [-0.25, -0.2) is 4.68 Å². The molecule has 6 heteroatoms. The Morgan fingerprint density at radius 2 is 1.82 bits per heavy atom. The van der Waals surface area contributed by atoms with Gasteiger partial charge in [0, 0.05) is 23.9 Å². The average molecular weight is 476 g/mol. The highest BCUT2D eigenvalue weighted by Crippen LogP contribution is 2.36. The highest BCUT2D eigenvalue weighted by molar-refractivity contribution is 8.26. The van der Waals surface area contributed by atoms with Crippen LogP contribution in [0, 0.1) is 12.8 Å². The van der Waals surface area contributed by atoms with Crippen molar-refractivity contribution in [3.8, 4) is 16.9 Å². The number of nitrogens with zero attached hydrogens (tertiary/aromatic N) is 3. The second-order valence-electron chi connectivity index (χ2n) is 9.13. The van der Waals surface area contributed by atoms with Gasteiger partial charge in [-0.05, 0) is 54.2 Å². The summed E-state index contributed by atoms with van der Waals surface area (Å²) in [5.41, 5.74) is 6.25. The molecule has 0 unspecified atom stereocenters. The molecule has 0 N–H and O–H groups in total. The molecule has 170 valence electrons. The van der Waals surface area contributed by atoms with Crippen LogP contribution < -0.4 is 0 Å². The summed E-state index contributed by atoms with van der Waals surface area (Å²) in [6.45, 7) is 11.3. The van der Waals surface area contributed by atoms with E-state index in [4.69, 9.17) is 17.3 Å². The maximum Gasteiger partial charge on any atom is 0.266 e. The normalized spacial score (nSPS) is 15.5. The third-order valence-electron chi connectivity index (χ3n) is 5.65. The fraction of sp³-hybridized carbons (Fsp3) is 0.296. The van der Waals surface area contributed by atoms with Crippen molar-refractivity contribution in [3.05, 3.63) is 76.3 Å². The van der Waals surface area contributed by atoms with Gasteiger partial charge in [-0.15, -0.1) is 0 Å². The first-order valence-corrected chi connectivity index (χ1v) is 12.5. The molecule has 2 heterocycles. The van der Waals surface area contributed by atoms with Gasteiger partial charge in [0.2, 0.25) is 0 Å². The van der Waals surface area contributed by atoms with Gasteiger partial charge in [-0.1, -0.05) is 82.0 Å². The molecule has 2 aromatic carbocycles. The van der Waals surface area contributed by atoms with E-state index in [-0.39, 0.29) is 5.91 Å². The number of thiocarbonyl (C=S) groups is 1. The van der Waals surface area contributed by atoms with E-state index in [0.29, 0.717) is 27.6 Å². The number of carbonyl (C=O) groups excluding carboxylic acids is 1. The minimum absolute atomic E-state index is 0.0234. The summed E-state index contributed by atoms with van der Waals surface area (Å²) < 4.78 is 2.51. The van der Waals surface area contributed by atoms with Crippen molar-refractivity contribution < 1.29 is 4.79 Å². The Kier molecular flexibility index (Phi) is 6.86. The number of para-hydroxylation sites is 1. The summed E-state index contributed by atoms with van der Waals surface area (Å²) in [5, 5.41) is 4.97. The summed E-state index contributed by atoms with van der Waals surface area (Å²) in [4.78, 5) is 15.5. The number of aromatic nitrogens is 2. The monoisotopic (exact) mass is 475 g/mol. The van der Waals surface area contributed by atoms with Crippen LogP contribution >= 0.6 is 24.0 Å². The molecule has 1 fully saturated rings. The van der Waals surface area contributed by atoms with Crippen molar-refractivity contribution in [2.75, 3.05) is 6.54 Å². The van der Waals surface area contributed by atoms with Gasteiger partial charge in [0.1, 0.15) is 10.0 Å². The summed E-state index contributed by atoms with van der Waals surface area (Å²) in [7, 11) is 0. The van der Waals surface area contributed by atoms with Crippen LogP contribution in [-0.2, 0) is 4.79 Å². The lowest BCUT2D eigenvalue weighted by atomic mass is 9.95. The van der Waals surface area contributed by atoms with E-state index >= 15 is 0 Å². The smallest absolute Gasteiger partial charge is 0.266 e. The molecule has 1 saturated heterocycles. The third-order valence-corrected chi connectivity index (χ3v) is 7.03. The molecule has 33 heavy (non-hydrogen) atoms. The van der Waals surface area contributed by atoms with Crippen molar-refractivity contribution in [2.24, 2.45) is 5.92 Å². The molecule has 0 saturated carbocycles. The van der Waals surface area contributed by atoms with Gasteiger partial charge in [-0.3, -0.25) is 9.69 Å². The SMILES string of the molecule is Cc1ccc(C(C)C)cc1-c1nn(-c2ccccc2)cc1C=C1SC(=S)N(CC(C)C)C1=O. The van der Waals surface area contributed by atoms with Crippen LogP contribution in [0.4, 0.5) is 0 Å². The minimum atomic E-state index is -0.0234. The van der Waals surface area contributed by atoms with Crippen LogP contribution in [0.3, 0.4) is 0 Å². The van der Waals surface area contributed by atoms with Gasteiger partial charge >= 0.3 is 0 Å². The number of aryl methyl sites for hydroxylation is 1. The number of hydrogen-bond donors (Lipinski definition) is 0. The molecular weight excluding hydrogens is 446 g/mol. The molecule has 0 radical (unpaired) electrons. The zero-order valence-electron chi connectivity index (χ0n) is 19.7. The van der Waals surface area contributed by atoms with Crippen LogP contribution in [0.2, 0.25) is 0 Å². The Labute approximate surface area is 205 Å². The van der Waals surface area contributed by atoms with Crippen LogP contribution in [0.15, 0.2) is 59.6 Å². The van der Waals surface area contributed by atoms with Crippen LogP contribution in [0.5, 0.6) is 0 Å². The van der Waals surface area contributed by atoms with E-state index in [0.717, 1.165) is 28.1 Å². The van der Waals surface area contributed by atoms with Gasteiger partial charge in [0.25, 0.3) is 5.91 Å². The highest BCUT2D eigenvalue weighted by atomic mass is 32.2. The first-order valence-electron chi connectivity index (χ1n) is 11.3. The van der Waals surface area contributed by atoms with Crippen LogP contribution in [0.1, 0.15) is 50.3 Å². The lowest BCUT2D eigenvalue weighted by Gasteiger charge is -2.16. The molecule has 1 aliphatic heterocycles. The predicted octanol–water partition coefficient (Wildman–Crippen LogP) is 6.83. The summed E-state index contributed by atoms with van der Waals surface area (Å²) >= 11 is 6.88. The molecule has 1 aromatic heterocycles. The van der Waals surface area contributed by atoms with E-state index in [1.807, 2.05) is 47.3 Å². The fourth-order valence-corrected chi connectivity index (χ4v) is 5.10. The molecule has 4 rings (SSSR count). The third kappa shape index (κ3) is 4.97. The largest absolute Gasteiger partial charge is 0.293 e. The molecule has 0 atom stereocenters. The predicted molar refractivity (Wildman–Crippen MR) is 143 cm³/mol. The zero-order valence-corrected chi connectivity index (χ0v) is 21.3. The highest BCUT2D eigenvalue weighted by Gasteiger charge is 2.32.